The topological polar surface area (TPSA) is 264 Å². The molecule has 17 nitrogen and oxygen atoms in total. The van der Waals surface area contributed by atoms with Crippen molar-refractivity contribution < 1.29 is 130 Å². The molecule has 0 bridgehead atoms. The molecular weight excluding hydrogens is 830 g/mol. The third kappa shape index (κ3) is 13.7. The summed E-state index contributed by atoms with van der Waals surface area (Å²) in [5.74, 6) is 1.64. The third-order valence-corrected chi connectivity index (χ3v) is 9.13. The van der Waals surface area contributed by atoms with Crippen LogP contribution in [0.2, 0.25) is 0 Å². The Morgan fingerprint density at radius 3 is 1.28 bits per heavy atom. The molecule has 57 heavy (non-hydrogen) atoms. The second kappa shape index (κ2) is 25.0. The predicted octanol–water partition coefficient (Wildman–Crippen LogP) is -3.44. The van der Waals surface area contributed by atoms with Gasteiger partial charge in [0.15, 0.2) is 23.0 Å². The summed E-state index contributed by atoms with van der Waals surface area (Å²) in [6.45, 7) is -5.87. The summed E-state index contributed by atoms with van der Waals surface area (Å²) in [4.78, 5) is 25.0. The molecule has 0 aliphatic rings. The van der Waals surface area contributed by atoms with Gasteiger partial charge in [0, 0.05) is 34.8 Å². The van der Waals surface area contributed by atoms with Crippen LogP contribution in [0.15, 0.2) is 71.2 Å². The molecule has 6 rings (SSSR count). The zero-order chi connectivity index (χ0) is 37.4. The van der Waals surface area contributed by atoms with Crippen LogP contribution >= 0.6 is 0 Å². The van der Waals surface area contributed by atoms with Crippen LogP contribution in [-0.2, 0) is 33.1 Å². The number of imidazole rings is 2. The monoisotopic (exact) mass is 864 g/mol. The minimum absolute atomic E-state index is 0. The van der Waals surface area contributed by atoms with E-state index in [2.05, 4.69) is 39.4 Å². The first kappa shape index (κ1) is 53.4. The van der Waals surface area contributed by atoms with Gasteiger partial charge < -0.3 is 64.8 Å². The molecule has 25 heteroatoms. The van der Waals surface area contributed by atoms with E-state index >= 15 is 0 Å². The van der Waals surface area contributed by atoms with Crippen molar-refractivity contribution in [3.8, 4) is 34.5 Å². The van der Waals surface area contributed by atoms with Crippen LogP contribution in [0.25, 0.3) is 22.1 Å². The number of pyridine rings is 2. The largest absolute Gasteiger partial charge is 1.00 e. The number of alkyl halides is 4. The van der Waals surface area contributed by atoms with E-state index in [0.717, 1.165) is 0 Å². The first-order valence-corrected chi connectivity index (χ1v) is 17.3. The number of nitrogens with zero attached hydrogens (tertiary/aromatic N) is 6. The Balaban J connectivity index is 0.00000101. The maximum Gasteiger partial charge on any atom is 1.00 e. The number of halogens is 4. The van der Waals surface area contributed by atoms with Crippen LogP contribution in [0, 0.1) is 0 Å². The van der Waals surface area contributed by atoms with Gasteiger partial charge in [-0.25, -0.2) is 0 Å². The predicted molar refractivity (Wildman–Crippen MR) is 189 cm³/mol. The normalized spacial score (nSPS) is 11.3. The summed E-state index contributed by atoms with van der Waals surface area (Å²) in [6, 6.07) is 11.5. The molecule has 6 N–H and O–H groups in total. The SMILES string of the molecule is COc1ccnc(CS(=O)c2nc3cc(OC(F)F)ccc3[n-]2)c1OC.COc1ccnc(CS(=O)c2nc3cc(OC(F)F)ccc3[n-]2)c1OC.O.O.O.[Na+].[Na+]. The van der Waals surface area contributed by atoms with Gasteiger partial charge in [0.2, 0.25) is 0 Å². The number of hydrogen-bond donors (Lipinski definition) is 0. The van der Waals surface area contributed by atoms with Crippen molar-refractivity contribution in [2.75, 3.05) is 28.4 Å². The Kier molecular flexibility index (Phi) is 23.4. The minimum Gasteiger partial charge on any atom is -0.493 e. The summed E-state index contributed by atoms with van der Waals surface area (Å²) in [6.07, 6.45) is 3.04. The quantitative estimate of drug-likeness (QED) is 0.0763. The zero-order valence-corrected chi connectivity index (χ0v) is 36.8. The van der Waals surface area contributed by atoms with Crippen molar-refractivity contribution >= 4 is 43.7 Å². The van der Waals surface area contributed by atoms with Crippen molar-refractivity contribution in [3.05, 3.63) is 72.3 Å². The Morgan fingerprint density at radius 2 is 0.965 bits per heavy atom. The molecule has 0 aliphatic carbocycles. The molecule has 0 saturated carbocycles. The average Bonchev–Trinajstić information content (AvgIpc) is 3.75. The number of benzene rings is 2. The molecule has 0 amide bonds. The molecular formula is C32H34F4N6Na2O11S2. The standard InChI is InChI=1S/2C16H14F2N3O4S.2Na.3H2O/c2*1-23-13-5-6-19-12(14(13)24-2)8-26(22)16-20-10-4-3-9(25-15(17)18)7-11(10)21-16;;;;;/h2*3-7,15H,8H2,1-2H3;;;3*1H2/q2*-1;2*+1;;;. The summed E-state index contributed by atoms with van der Waals surface area (Å²) in [5, 5.41) is 0.140. The first-order valence-electron chi connectivity index (χ1n) is 14.7. The molecule has 6 aromatic rings. The summed E-state index contributed by atoms with van der Waals surface area (Å²) >= 11 is 0. The third-order valence-electron chi connectivity index (χ3n) is 6.88. The first-order chi connectivity index (χ1) is 25.0. The van der Waals surface area contributed by atoms with E-state index in [-0.39, 0.29) is 109 Å². The second-order valence-electron chi connectivity index (χ2n) is 10.0. The van der Waals surface area contributed by atoms with Crippen molar-refractivity contribution in [2.24, 2.45) is 0 Å². The van der Waals surface area contributed by atoms with Gasteiger partial charge in [0.05, 0.1) is 72.9 Å². The van der Waals surface area contributed by atoms with E-state index in [1.807, 2.05) is 0 Å². The van der Waals surface area contributed by atoms with Crippen molar-refractivity contribution in [3.63, 3.8) is 0 Å². The summed E-state index contributed by atoms with van der Waals surface area (Å²) in [5.41, 5.74) is 2.36. The molecule has 0 aliphatic heterocycles. The van der Waals surface area contributed by atoms with Crippen molar-refractivity contribution in [1.82, 2.24) is 29.9 Å². The molecule has 300 valence electrons. The van der Waals surface area contributed by atoms with Crippen molar-refractivity contribution in [2.45, 2.75) is 35.0 Å². The fraction of sp³-hybridized carbons (Fsp3) is 0.250. The van der Waals surface area contributed by atoms with E-state index in [4.69, 9.17) is 18.9 Å². The van der Waals surface area contributed by atoms with E-state index in [9.17, 15) is 26.0 Å². The molecule has 4 heterocycles. The van der Waals surface area contributed by atoms with E-state index in [0.29, 0.717) is 56.5 Å². The van der Waals surface area contributed by atoms with E-state index < -0.39 is 34.8 Å². The molecule has 0 radical (unpaired) electrons. The Bertz CT molecular complexity index is 2070. The van der Waals surface area contributed by atoms with E-state index in [1.54, 1.807) is 12.1 Å². The number of fused-ring (bicyclic) bond motifs is 2. The maximum atomic E-state index is 12.6. The molecule has 2 aromatic carbocycles. The van der Waals surface area contributed by atoms with Crippen LogP contribution in [0.4, 0.5) is 17.6 Å². The Hall–Kier alpha value is -3.62. The molecule has 2 atom stereocenters. The van der Waals surface area contributed by atoms with Gasteiger partial charge >= 0.3 is 72.3 Å². The molecule has 0 spiro atoms. The van der Waals surface area contributed by atoms with Crippen LogP contribution in [0.3, 0.4) is 0 Å². The Labute approximate surface area is 371 Å². The van der Waals surface area contributed by atoms with Gasteiger partial charge in [-0.05, 0) is 46.3 Å². The summed E-state index contributed by atoms with van der Waals surface area (Å²) < 4.78 is 104. The van der Waals surface area contributed by atoms with Gasteiger partial charge in [-0.1, -0.05) is 12.1 Å². The van der Waals surface area contributed by atoms with Gasteiger partial charge in [-0.2, -0.15) is 17.6 Å². The number of methoxy groups -OCH3 is 4. The van der Waals surface area contributed by atoms with Crippen molar-refractivity contribution in [1.29, 1.82) is 0 Å². The molecule has 0 fully saturated rings. The Morgan fingerprint density at radius 1 is 0.596 bits per heavy atom. The van der Waals surface area contributed by atoms with Crippen LogP contribution in [0.1, 0.15) is 11.4 Å². The number of aromatic nitrogens is 6. The molecule has 0 saturated heterocycles. The second-order valence-corrected chi connectivity index (χ2v) is 12.7. The number of rotatable bonds is 14. The van der Waals surface area contributed by atoms with Gasteiger partial charge in [0.25, 0.3) is 0 Å². The van der Waals surface area contributed by atoms with E-state index in [1.165, 1.54) is 77.2 Å². The number of ether oxygens (including phenoxy) is 6. The van der Waals surface area contributed by atoms with Crippen LogP contribution < -0.4 is 97.5 Å². The maximum absolute atomic E-state index is 12.6. The van der Waals surface area contributed by atoms with Gasteiger partial charge in [-0.15, -0.1) is 0 Å². The number of hydrogen-bond acceptors (Lipinski definition) is 12. The zero-order valence-electron chi connectivity index (χ0n) is 31.1. The fourth-order valence-electron chi connectivity index (χ4n) is 4.68. The van der Waals surface area contributed by atoms with Gasteiger partial charge in [-0.3, -0.25) is 18.4 Å². The van der Waals surface area contributed by atoms with Crippen LogP contribution in [0.5, 0.6) is 34.5 Å². The molecule has 4 aromatic heterocycles. The fourth-order valence-corrected chi connectivity index (χ4v) is 6.64. The minimum atomic E-state index is -2.93. The summed E-state index contributed by atoms with van der Waals surface area (Å²) in [7, 11) is 2.67. The smallest absolute Gasteiger partial charge is 0.493 e. The molecule has 2 unspecified atom stereocenters. The van der Waals surface area contributed by atoms with Crippen LogP contribution in [-0.4, -0.2) is 86.4 Å². The van der Waals surface area contributed by atoms with Gasteiger partial charge in [0.1, 0.15) is 11.5 Å². The average molecular weight is 865 g/mol.